The standard InChI is InChI=1S/C18H26O3/c19-18(20)9-7-5-3-1-2-4-6-8-15-10-11-17-16(14-15)12-13-21-17/h10-11,14H,1-9,12-13H2,(H,19,20). The molecule has 0 amide bonds. The van der Waals surface area contributed by atoms with E-state index in [2.05, 4.69) is 18.2 Å². The first-order valence-electron chi connectivity index (χ1n) is 8.22. The molecule has 21 heavy (non-hydrogen) atoms. The Morgan fingerprint density at radius 1 is 1.05 bits per heavy atom. The van der Waals surface area contributed by atoms with Crippen LogP contribution in [0, 0.1) is 0 Å². The maximum Gasteiger partial charge on any atom is 0.303 e. The minimum absolute atomic E-state index is 0.321. The van der Waals surface area contributed by atoms with Crippen LogP contribution in [0.3, 0.4) is 0 Å². The number of hydrogen-bond donors (Lipinski definition) is 1. The second-order valence-corrected chi connectivity index (χ2v) is 5.91. The maximum atomic E-state index is 10.4. The Morgan fingerprint density at radius 2 is 1.76 bits per heavy atom. The van der Waals surface area contributed by atoms with Gasteiger partial charge in [0.25, 0.3) is 0 Å². The molecule has 1 N–H and O–H groups in total. The third-order valence-corrected chi connectivity index (χ3v) is 4.11. The number of rotatable bonds is 10. The number of hydrogen-bond acceptors (Lipinski definition) is 2. The lowest BCUT2D eigenvalue weighted by Gasteiger charge is -2.05. The van der Waals surface area contributed by atoms with Gasteiger partial charge in [-0.05, 0) is 36.5 Å². The van der Waals surface area contributed by atoms with Crippen molar-refractivity contribution in [3.8, 4) is 5.75 Å². The highest BCUT2D eigenvalue weighted by Crippen LogP contribution is 2.26. The molecule has 0 fully saturated rings. The van der Waals surface area contributed by atoms with E-state index < -0.39 is 5.97 Å². The van der Waals surface area contributed by atoms with Gasteiger partial charge < -0.3 is 9.84 Å². The highest BCUT2D eigenvalue weighted by atomic mass is 16.5. The van der Waals surface area contributed by atoms with Crippen LogP contribution in [0.25, 0.3) is 0 Å². The Hall–Kier alpha value is -1.51. The van der Waals surface area contributed by atoms with Crippen molar-refractivity contribution >= 4 is 5.97 Å². The predicted molar refractivity (Wildman–Crippen MR) is 83.9 cm³/mol. The van der Waals surface area contributed by atoms with E-state index in [-0.39, 0.29) is 0 Å². The summed E-state index contributed by atoms with van der Waals surface area (Å²) < 4.78 is 5.52. The SMILES string of the molecule is O=C(O)CCCCCCCCCc1ccc2c(c1)CCO2. The molecule has 0 radical (unpaired) electrons. The molecule has 0 bridgehead atoms. The average Bonchev–Trinajstić information content (AvgIpc) is 2.92. The zero-order chi connectivity index (χ0) is 14.9. The highest BCUT2D eigenvalue weighted by Gasteiger charge is 2.11. The molecule has 1 aromatic rings. The molecule has 0 spiro atoms. The van der Waals surface area contributed by atoms with Crippen LogP contribution < -0.4 is 4.74 Å². The predicted octanol–water partition coefficient (Wildman–Crippen LogP) is 4.37. The summed E-state index contributed by atoms with van der Waals surface area (Å²) in [5.41, 5.74) is 2.80. The average molecular weight is 290 g/mol. The Morgan fingerprint density at radius 3 is 2.52 bits per heavy atom. The van der Waals surface area contributed by atoms with Crippen molar-refractivity contribution < 1.29 is 14.6 Å². The molecule has 0 aromatic heterocycles. The van der Waals surface area contributed by atoms with Crippen LogP contribution in [0.1, 0.15) is 62.5 Å². The summed E-state index contributed by atoms with van der Waals surface area (Å²) in [4.78, 5) is 10.4. The number of carboxylic acids is 1. The van der Waals surface area contributed by atoms with Gasteiger partial charge in [-0.15, -0.1) is 0 Å². The molecule has 1 aliphatic rings. The molecule has 0 unspecified atom stereocenters. The third kappa shape index (κ3) is 5.78. The lowest BCUT2D eigenvalue weighted by atomic mass is 10.0. The molecule has 1 aromatic carbocycles. The molecule has 0 saturated heterocycles. The zero-order valence-electron chi connectivity index (χ0n) is 12.8. The number of carbonyl (C=O) groups is 1. The van der Waals surface area contributed by atoms with Crippen LogP contribution in [-0.4, -0.2) is 17.7 Å². The lowest BCUT2D eigenvalue weighted by Crippen LogP contribution is -1.93. The van der Waals surface area contributed by atoms with E-state index in [1.54, 1.807) is 0 Å². The molecule has 1 heterocycles. The van der Waals surface area contributed by atoms with Crippen LogP contribution >= 0.6 is 0 Å². The minimum atomic E-state index is -0.672. The number of ether oxygens (including phenoxy) is 1. The first-order valence-corrected chi connectivity index (χ1v) is 8.22. The van der Waals surface area contributed by atoms with E-state index in [1.165, 1.54) is 43.2 Å². The van der Waals surface area contributed by atoms with Gasteiger partial charge in [-0.3, -0.25) is 4.79 Å². The van der Waals surface area contributed by atoms with Crippen molar-refractivity contribution in [2.75, 3.05) is 6.61 Å². The number of fused-ring (bicyclic) bond motifs is 1. The molecule has 3 nitrogen and oxygen atoms in total. The topological polar surface area (TPSA) is 46.5 Å². The van der Waals surface area contributed by atoms with Gasteiger partial charge in [0, 0.05) is 12.8 Å². The first-order chi connectivity index (χ1) is 10.3. The number of unbranched alkanes of at least 4 members (excludes halogenated alkanes) is 6. The molecule has 2 rings (SSSR count). The maximum absolute atomic E-state index is 10.4. The number of carboxylic acid groups (broad SMARTS) is 1. The monoisotopic (exact) mass is 290 g/mol. The summed E-state index contributed by atoms with van der Waals surface area (Å²) in [6, 6.07) is 6.60. The lowest BCUT2D eigenvalue weighted by molar-refractivity contribution is -0.137. The van der Waals surface area contributed by atoms with Gasteiger partial charge in [0.1, 0.15) is 5.75 Å². The fourth-order valence-electron chi connectivity index (χ4n) is 2.88. The number of benzene rings is 1. The van der Waals surface area contributed by atoms with Gasteiger partial charge in [-0.2, -0.15) is 0 Å². The van der Waals surface area contributed by atoms with Gasteiger partial charge >= 0.3 is 5.97 Å². The quantitative estimate of drug-likeness (QED) is 0.651. The van der Waals surface area contributed by atoms with Gasteiger partial charge in [0.2, 0.25) is 0 Å². The summed E-state index contributed by atoms with van der Waals surface area (Å²) >= 11 is 0. The molecule has 0 aliphatic carbocycles. The fourth-order valence-corrected chi connectivity index (χ4v) is 2.88. The molecule has 116 valence electrons. The fraction of sp³-hybridized carbons (Fsp3) is 0.611. The Balaban J connectivity index is 1.49. The molecule has 3 heteroatoms. The first kappa shape index (κ1) is 15.9. The van der Waals surface area contributed by atoms with Gasteiger partial charge in [-0.25, -0.2) is 0 Å². The summed E-state index contributed by atoms with van der Waals surface area (Å²) in [5, 5.41) is 8.54. The van der Waals surface area contributed by atoms with Gasteiger partial charge in [0.05, 0.1) is 6.61 Å². The van der Waals surface area contributed by atoms with E-state index in [1.807, 2.05) is 0 Å². The second-order valence-electron chi connectivity index (χ2n) is 5.91. The molecule has 0 saturated carbocycles. The Kier molecular flexibility index (Phi) is 6.58. The van der Waals surface area contributed by atoms with Crippen LogP contribution in [0.5, 0.6) is 5.75 Å². The molecular weight excluding hydrogens is 264 g/mol. The van der Waals surface area contributed by atoms with Crippen molar-refractivity contribution in [1.82, 2.24) is 0 Å². The van der Waals surface area contributed by atoms with E-state index in [0.29, 0.717) is 6.42 Å². The summed E-state index contributed by atoms with van der Waals surface area (Å²) in [6.45, 7) is 0.834. The van der Waals surface area contributed by atoms with Crippen molar-refractivity contribution in [2.45, 2.75) is 64.2 Å². The van der Waals surface area contributed by atoms with Crippen molar-refractivity contribution in [2.24, 2.45) is 0 Å². The van der Waals surface area contributed by atoms with Crippen molar-refractivity contribution in [3.05, 3.63) is 29.3 Å². The second kappa shape index (κ2) is 8.71. The minimum Gasteiger partial charge on any atom is -0.493 e. The van der Waals surface area contributed by atoms with Gasteiger partial charge in [-0.1, -0.05) is 44.2 Å². The Labute approximate surface area is 127 Å². The molecule has 1 aliphatic heterocycles. The third-order valence-electron chi connectivity index (χ3n) is 4.11. The number of aliphatic carboxylic acids is 1. The van der Waals surface area contributed by atoms with E-state index >= 15 is 0 Å². The van der Waals surface area contributed by atoms with Crippen LogP contribution in [0.4, 0.5) is 0 Å². The van der Waals surface area contributed by atoms with Crippen LogP contribution in [-0.2, 0) is 17.6 Å². The van der Waals surface area contributed by atoms with E-state index in [0.717, 1.165) is 38.0 Å². The van der Waals surface area contributed by atoms with Crippen molar-refractivity contribution in [3.63, 3.8) is 0 Å². The highest BCUT2D eigenvalue weighted by molar-refractivity contribution is 5.66. The van der Waals surface area contributed by atoms with E-state index in [9.17, 15) is 4.79 Å². The smallest absolute Gasteiger partial charge is 0.303 e. The normalized spacial score (nSPS) is 13.0. The molecular formula is C18H26O3. The number of aryl methyl sites for hydroxylation is 1. The van der Waals surface area contributed by atoms with Crippen molar-refractivity contribution in [1.29, 1.82) is 0 Å². The Bertz CT molecular complexity index is 454. The summed E-state index contributed by atoms with van der Waals surface area (Å²) in [6.07, 6.45) is 10.6. The van der Waals surface area contributed by atoms with Crippen LogP contribution in [0.15, 0.2) is 18.2 Å². The zero-order valence-corrected chi connectivity index (χ0v) is 12.8. The summed E-state index contributed by atoms with van der Waals surface area (Å²) in [5.74, 6) is 0.398. The van der Waals surface area contributed by atoms with Gasteiger partial charge in [0.15, 0.2) is 0 Å². The van der Waals surface area contributed by atoms with Crippen LogP contribution in [0.2, 0.25) is 0 Å². The summed E-state index contributed by atoms with van der Waals surface area (Å²) in [7, 11) is 0. The molecule has 0 atom stereocenters. The van der Waals surface area contributed by atoms with E-state index in [4.69, 9.17) is 9.84 Å². The largest absolute Gasteiger partial charge is 0.493 e.